The van der Waals surface area contributed by atoms with Crippen molar-refractivity contribution in [2.24, 2.45) is 0 Å². The number of aromatic amines is 1. The third kappa shape index (κ3) is 3.22. The van der Waals surface area contributed by atoms with E-state index >= 15 is 0 Å². The van der Waals surface area contributed by atoms with Gasteiger partial charge in [-0.3, -0.25) is 9.59 Å². The van der Waals surface area contributed by atoms with Gasteiger partial charge in [0.15, 0.2) is 11.6 Å². The molecule has 2 N–H and O–H groups in total. The fraction of sp³-hybridized carbons (Fsp3) is 0. The van der Waals surface area contributed by atoms with Crippen molar-refractivity contribution in [2.75, 3.05) is 5.32 Å². The van der Waals surface area contributed by atoms with E-state index < -0.39 is 17.2 Å². The zero-order valence-corrected chi connectivity index (χ0v) is 14.4. The van der Waals surface area contributed by atoms with E-state index in [4.69, 9.17) is 0 Å². The van der Waals surface area contributed by atoms with E-state index in [0.29, 0.717) is 16.1 Å². The van der Waals surface area contributed by atoms with Crippen LogP contribution in [0.2, 0.25) is 0 Å². The Labute approximate surface area is 155 Å². The number of fused-ring (bicyclic) bond motifs is 1. The lowest BCUT2D eigenvalue weighted by molar-refractivity contribution is 0.103. The largest absolute Gasteiger partial charge is 0.321 e. The summed E-state index contributed by atoms with van der Waals surface area (Å²) in [6.07, 6.45) is 0. The van der Waals surface area contributed by atoms with Crippen LogP contribution in [0.15, 0.2) is 58.7 Å². The number of aromatic nitrogens is 2. The third-order valence-corrected chi connectivity index (χ3v) is 4.78. The molecule has 0 bridgehead atoms. The molecule has 0 unspecified atom stereocenters. The zero-order valence-electron chi connectivity index (χ0n) is 13.6. The van der Waals surface area contributed by atoms with Crippen LogP contribution in [-0.4, -0.2) is 15.9 Å². The Morgan fingerprint density at radius 1 is 1.07 bits per heavy atom. The minimum absolute atomic E-state index is 0.00409. The van der Waals surface area contributed by atoms with E-state index in [2.05, 4.69) is 15.3 Å². The van der Waals surface area contributed by atoms with Gasteiger partial charge in [0.2, 0.25) is 0 Å². The molecule has 0 spiro atoms. The van der Waals surface area contributed by atoms with Crippen LogP contribution in [0.1, 0.15) is 9.67 Å². The van der Waals surface area contributed by atoms with Crippen LogP contribution in [0.4, 0.5) is 14.5 Å². The smallest absolute Gasteiger partial charge is 0.275 e. The highest BCUT2D eigenvalue weighted by Gasteiger charge is 2.16. The molecule has 0 radical (unpaired) electrons. The Balaban J connectivity index is 1.82. The minimum Gasteiger partial charge on any atom is -0.321 e. The van der Waals surface area contributed by atoms with Crippen LogP contribution in [0.3, 0.4) is 0 Å². The molecule has 0 aliphatic rings. The molecular formula is C19H11F2N3O2S. The number of benzene rings is 2. The topological polar surface area (TPSA) is 74.8 Å². The summed E-state index contributed by atoms with van der Waals surface area (Å²) >= 11 is 1.29. The molecule has 0 fully saturated rings. The maximum atomic E-state index is 13.5. The summed E-state index contributed by atoms with van der Waals surface area (Å²) in [6.45, 7) is 0. The lowest BCUT2D eigenvalue weighted by Gasteiger charge is -2.10. The van der Waals surface area contributed by atoms with Gasteiger partial charge in [-0.05, 0) is 17.5 Å². The molecule has 2 aromatic carbocycles. The number of rotatable bonds is 3. The van der Waals surface area contributed by atoms with Crippen molar-refractivity contribution < 1.29 is 13.6 Å². The molecule has 8 heteroatoms. The van der Waals surface area contributed by atoms with Gasteiger partial charge in [-0.15, -0.1) is 11.3 Å². The normalized spacial score (nSPS) is 10.9. The molecule has 0 saturated heterocycles. The number of nitrogens with zero attached hydrogens (tertiary/aromatic N) is 1. The molecular weight excluding hydrogens is 372 g/mol. The van der Waals surface area contributed by atoms with Crippen molar-refractivity contribution in [3.05, 3.63) is 80.8 Å². The predicted octanol–water partition coefficient (Wildman–Crippen LogP) is 4.18. The molecule has 0 aliphatic heterocycles. The van der Waals surface area contributed by atoms with E-state index in [0.717, 1.165) is 12.1 Å². The number of thiophene rings is 1. The van der Waals surface area contributed by atoms with E-state index in [-0.39, 0.29) is 22.6 Å². The van der Waals surface area contributed by atoms with Gasteiger partial charge in [0, 0.05) is 17.7 Å². The first-order valence-electron chi connectivity index (χ1n) is 7.86. The van der Waals surface area contributed by atoms with Crippen molar-refractivity contribution in [3.8, 4) is 11.3 Å². The van der Waals surface area contributed by atoms with E-state index in [1.165, 1.54) is 11.3 Å². The summed E-state index contributed by atoms with van der Waals surface area (Å²) in [7, 11) is 0. The summed E-state index contributed by atoms with van der Waals surface area (Å²) in [5.74, 6) is -2.45. The van der Waals surface area contributed by atoms with Crippen LogP contribution in [0.5, 0.6) is 0 Å². The number of hydrogen-bond donors (Lipinski definition) is 2. The quantitative estimate of drug-likeness (QED) is 0.557. The molecule has 4 aromatic rings. The highest BCUT2D eigenvalue weighted by Crippen LogP contribution is 2.26. The van der Waals surface area contributed by atoms with Gasteiger partial charge in [0.05, 0.1) is 21.6 Å². The Bertz CT molecular complexity index is 1220. The standard InChI is InChI=1S/C19H11F2N3O2S/c20-11-8-14-15(9-12(11)21)24-19(26)17(22-14)10-4-1-2-5-13(10)23-18(25)16-6-3-7-27-16/h1-9H,(H,23,25)(H,24,26). The first-order chi connectivity index (χ1) is 13.0. The van der Waals surface area contributed by atoms with Crippen molar-refractivity contribution in [2.45, 2.75) is 0 Å². The van der Waals surface area contributed by atoms with Crippen LogP contribution >= 0.6 is 11.3 Å². The minimum atomic E-state index is -1.07. The van der Waals surface area contributed by atoms with Crippen molar-refractivity contribution in [1.29, 1.82) is 0 Å². The molecule has 1 amide bonds. The van der Waals surface area contributed by atoms with Crippen LogP contribution in [-0.2, 0) is 0 Å². The number of carbonyl (C=O) groups excluding carboxylic acids is 1. The predicted molar refractivity (Wildman–Crippen MR) is 100.0 cm³/mol. The van der Waals surface area contributed by atoms with Crippen LogP contribution < -0.4 is 10.9 Å². The fourth-order valence-electron chi connectivity index (χ4n) is 2.65. The third-order valence-electron chi connectivity index (χ3n) is 3.91. The number of para-hydroxylation sites is 1. The number of hydrogen-bond acceptors (Lipinski definition) is 4. The highest BCUT2D eigenvalue weighted by molar-refractivity contribution is 7.12. The summed E-state index contributed by atoms with van der Waals surface area (Å²) in [4.78, 5) is 32.0. The number of carbonyl (C=O) groups is 1. The lowest BCUT2D eigenvalue weighted by Crippen LogP contribution is -2.15. The van der Waals surface area contributed by atoms with Gasteiger partial charge in [0.25, 0.3) is 11.5 Å². The maximum Gasteiger partial charge on any atom is 0.275 e. The van der Waals surface area contributed by atoms with Crippen molar-refractivity contribution in [1.82, 2.24) is 9.97 Å². The van der Waals surface area contributed by atoms with Gasteiger partial charge in [-0.2, -0.15) is 0 Å². The second-order valence-electron chi connectivity index (χ2n) is 5.68. The summed E-state index contributed by atoms with van der Waals surface area (Å²) in [5, 5.41) is 4.53. The van der Waals surface area contributed by atoms with Crippen molar-refractivity contribution in [3.63, 3.8) is 0 Å². The average Bonchev–Trinajstić information content (AvgIpc) is 3.18. The molecule has 0 saturated carbocycles. The number of amides is 1. The molecule has 27 heavy (non-hydrogen) atoms. The number of anilines is 1. The second kappa shape index (κ2) is 6.73. The summed E-state index contributed by atoms with van der Waals surface area (Å²) < 4.78 is 26.9. The first-order valence-corrected chi connectivity index (χ1v) is 8.74. The number of H-pyrrole nitrogens is 1. The molecule has 134 valence electrons. The summed E-state index contributed by atoms with van der Waals surface area (Å²) in [5.41, 5.74) is 0.360. The molecule has 0 aliphatic carbocycles. The molecule has 2 heterocycles. The molecule has 0 atom stereocenters. The molecule has 5 nitrogen and oxygen atoms in total. The number of nitrogens with one attached hydrogen (secondary N) is 2. The van der Waals surface area contributed by atoms with Gasteiger partial charge in [-0.1, -0.05) is 24.3 Å². The van der Waals surface area contributed by atoms with E-state index in [1.807, 2.05) is 0 Å². The van der Waals surface area contributed by atoms with Gasteiger partial charge >= 0.3 is 0 Å². The second-order valence-corrected chi connectivity index (χ2v) is 6.62. The van der Waals surface area contributed by atoms with Gasteiger partial charge < -0.3 is 10.3 Å². The Morgan fingerprint density at radius 3 is 2.63 bits per heavy atom. The first kappa shape index (κ1) is 17.0. The summed E-state index contributed by atoms with van der Waals surface area (Å²) in [6, 6.07) is 11.9. The van der Waals surface area contributed by atoms with Gasteiger partial charge in [0.1, 0.15) is 5.69 Å². The zero-order chi connectivity index (χ0) is 19.0. The van der Waals surface area contributed by atoms with E-state index in [1.54, 1.807) is 41.8 Å². The Kier molecular flexibility index (Phi) is 4.25. The fourth-order valence-corrected chi connectivity index (χ4v) is 3.27. The molecule has 4 rings (SSSR count). The van der Waals surface area contributed by atoms with Crippen LogP contribution in [0, 0.1) is 11.6 Å². The highest BCUT2D eigenvalue weighted by atomic mass is 32.1. The maximum absolute atomic E-state index is 13.5. The van der Waals surface area contributed by atoms with E-state index in [9.17, 15) is 18.4 Å². The van der Waals surface area contributed by atoms with Gasteiger partial charge in [-0.25, -0.2) is 13.8 Å². The lowest BCUT2D eigenvalue weighted by atomic mass is 10.1. The number of halogens is 2. The van der Waals surface area contributed by atoms with Crippen LogP contribution in [0.25, 0.3) is 22.3 Å². The molecule has 2 aromatic heterocycles. The average molecular weight is 383 g/mol. The Morgan fingerprint density at radius 2 is 1.85 bits per heavy atom. The Hall–Kier alpha value is -3.39. The SMILES string of the molecule is O=C(Nc1ccccc1-c1nc2cc(F)c(F)cc2[nH]c1=O)c1cccs1. The van der Waals surface area contributed by atoms with Crippen molar-refractivity contribution >= 4 is 34.0 Å². The monoisotopic (exact) mass is 383 g/mol.